The molecular formula is C14H25NO. The summed E-state index contributed by atoms with van der Waals surface area (Å²) in [6.07, 6.45) is 11.8. The zero-order chi connectivity index (χ0) is 11.4. The molecule has 0 bridgehead atoms. The summed E-state index contributed by atoms with van der Waals surface area (Å²) >= 11 is 0. The summed E-state index contributed by atoms with van der Waals surface area (Å²) < 4.78 is 0. The average Bonchev–Trinajstić information content (AvgIpc) is 2.84. The molecule has 0 unspecified atom stereocenters. The Morgan fingerprint density at radius 1 is 1.06 bits per heavy atom. The summed E-state index contributed by atoms with van der Waals surface area (Å²) in [7, 11) is 0. The van der Waals surface area contributed by atoms with Gasteiger partial charge in [0, 0.05) is 12.3 Å². The molecule has 0 amide bonds. The first-order valence-electron chi connectivity index (χ1n) is 6.99. The fraction of sp³-hybridized carbons (Fsp3) is 0.929. The molecule has 2 aliphatic carbocycles. The van der Waals surface area contributed by atoms with E-state index in [0.29, 0.717) is 18.2 Å². The van der Waals surface area contributed by atoms with Crippen molar-refractivity contribution in [1.29, 1.82) is 0 Å². The minimum absolute atomic E-state index is 0.178. The van der Waals surface area contributed by atoms with Crippen molar-refractivity contribution in [1.82, 2.24) is 0 Å². The molecule has 2 saturated carbocycles. The Labute approximate surface area is 99.0 Å². The topological polar surface area (TPSA) is 43.1 Å². The molecule has 0 aliphatic heterocycles. The van der Waals surface area contributed by atoms with Gasteiger partial charge in [-0.25, -0.2) is 0 Å². The molecule has 0 radical (unpaired) electrons. The highest BCUT2D eigenvalue weighted by Crippen LogP contribution is 2.40. The van der Waals surface area contributed by atoms with Crippen LogP contribution in [0.5, 0.6) is 0 Å². The monoisotopic (exact) mass is 223 g/mol. The van der Waals surface area contributed by atoms with E-state index in [0.717, 1.165) is 19.3 Å². The van der Waals surface area contributed by atoms with Crippen molar-refractivity contribution in [3.63, 3.8) is 0 Å². The summed E-state index contributed by atoms with van der Waals surface area (Å²) in [6, 6.07) is 0. The Hall–Kier alpha value is -0.370. The lowest BCUT2D eigenvalue weighted by atomic mass is 9.70. The summed E-state index contributed by atoms with van der Waals surface area (Å²) in [4.78, 5) is 12.2. The summed E-state index contributed by atoms with van der Waals surface area (Å²) in [5, 5.41) is 0. The lowest BCUT2D eigenvalue weighted by Gasteiger charge is -2.36. The van der Waals surface area contributed by atoms with Crippen LogP contribution in [0, 0.1) is 11.3 Å². The van der Waals surface area contributed by atoms with E-state index in [1.807, 2.05) is 0 Å². The van der Waals surface area contributed by atoms with Crippen LogP contribution in [0.15, 0.2) is 0 Å². The van der Waals surface area contributed by atoms with E-state index in [9.17, 15) is 4.79 Å². The van der Waals surface area contributed by atoms with Gasteiger partial charge in [0.05, 0.1) is 0 Å². The first kappa shape index (κ1) is 12.1. The zero-order valence-corrected chi connectivity index (χ0v) is 10.3. The average molecular weight is 223 g/mol. The molecule has 0 atom stereocenters. The number of Topliss-reactive ketones (excluding diaryl/α,β-unsaturated/α-hetero) is 1. The number of hydrogen-bond donors (Lipinski definition) is 1. The van der Waals surface area contributed by atoms with Crippen LogP contribution in [0.4, 0.5) is 0 Å². The van der Waals surface area contributed by atoms with Crippen molar-refractivity contribution in [2.24, 2.45) is 17.1 Å². The molecule has 2 nitrogen and oxygen atoms in total. The minimum atomic E-state index is 0.178. The van der Waals surface area contributed by atoms with Crippen molar-refractivity contribution in [2.75, 3.05) is 6.54 Å². The maximum Gasteiger partial charge on any atom is 0.136 e. The van der Waals surface area contributed by atoms with E-state index in [1.54, 1.807) is 0 Å². The molecule has 92 valence electrons. The zero-order valence-electron chi connectivity index (χ0n) is 10.3. The van der Waals surface area contributed by atoms with Crippen molar-refractivity contribution >= 4 is 5.78 Å². The molecule has 0 aromatic carbocycles. The highest BCUT2D eigenvalue weighted by Gasteiger charge is 2.35. The second-order valence-corrected chi connectivity index (χ2v) is 5.89. The molecule has 2 rings (SSSR count). The van der Waals surface area contributed by atoms with Crippen molar-refractivity contribution in [3.05, 3.63) is 0 Å². The van der Waals surface area contributed by atoms with E-state index >= 15 is 0 Å². The maximum atomic E-state index is 12.2. The van der Waals surface area contributed by atoms with Gasteiger partial charge >= 0.3 is 0 Å². The fourth-order valence-corrected chi connectivity index (χ4v) is 3.52. The van der Waals surface area contributed by atoms with Crippen molar-refractivity contribution < 1.29 is 4.79 Å². The van der Waals surface area contributed by atoms with Gasteiger partial charge in [0.1, 0.15) is 5.78 Å². The molecule has 0 aromatic rings. The third-order valence-electron chi connectivity index (χ3n) is 4.71. The molecule has 2 N–H and O–H groups in total. The summed E-state index contributed by atoms with van der Waals surface area (Å²) in [6.45, 7) is 0.714. The second kappa shape index (κ2) is 5.31. The summed E-state index contributed by atoms with van der Waals surface area (Å²) in [5.74, 6) is 0.898. The molecule has 0 saturated heterocycles. The van der Waals surface area contributed by atoms with E-state index in [1.165, 1.54) is 44.9 Å². The molecule has 16 heavy (non-hydrogen) atoms. The predicted octanol–water partition coefficient (Wildman–Crippen LogP) is 3.05. The van der Waals surface area contributed by atoms with Crippen LogP contribution in [-0.4, -0.2) is 12.3 Å². The van der Waals surface area contributed by atoms with E-state index in [-0.39, 0.29) is 5.41 Å². The Morgan fingerprint density at radius 2 is 1.69 bits per heavy atom. The van der Waals surface area contributed by atoms with Crippen molar-refractivity contribution in [2.45, 2.75) is 64.2 Å². The Morgan fingerprint density at radius 3 is 2.25 bits per heavy atom. The molecule has 2 heteroatoms. The Kier molecular flexibility index (Phi) is 4.01. The summed E-state index contributed by atoms with van der Waals surface area (Å²) in [5.41, 5.74) is 6.11. The third-order valence-corrected chi connectivity index (χ3v) is 4.71. The second-order valence-electron chi connectivity index (χ2n) is 5.89. The number of rotatable bonds is 4. The van der Waals surface area contributed by atoms with Crippen LogP contribution in [0.1, 0.15) is 64.2 Å². The van der Waals surface area contributed by atoms with Crippen LogP contribution >= 0.6 is 0 Å². The van der Waals surface area contributed by atoms with E-state index in [2.05, 4.69) is 0 Å². The molecular weight excluding hydrogens is 198 g/mol. The largest absolute Gasteiger partial charge is 0.330 e. The van der Waals surface area contributed by atoms with Gasteiger partial charge in [-0.2, -0.15) is 0 Å². The molecule has 0 spiro atoms. The number of nitrogens with two attached hydrogens (primary N) is 1. The van der Waals surface area contributed by atoms with Gasteiger partial charge in [0.2, 0.25) is 0 Å². The first-order chi connectivity index (χ1) is 7.76. The standard InChI is InChI=1S/C14H25NO/c15-11-14(8-4-1-5-9-14)10-13(16)12-6-2-3-7-12/h12H,1-11,15H2. The number of hydrogen-bond acceptors (Lipinski definition) is 2. The predicted molar refractivity (Wildman–Crippen MR) is 66.2 cm³/mol. The van der Waals surface area contributed by atoms with Crippen LogP contribution in [0.2, 0.25) is 0 Å². The molecule has 0 heterocycles. The highest BCUT2D eigenvalue weighted by atomic mass is 16.1. The van der Waals surface area contributed by atoms with Gasteiger partial charge in [-0.05, 0) is 37.6 Å². The fourth-order valence-electron chi connectivity index (χ4n) is 3.52. The first-order valence-corrected chi connectivity index (χ1v) is 6.99. The van der Waals surface area contributed by atoms with E-state index in [4.69, 9.17) is 5.73 Å². The van der Waals surface area contributed by atoms with Gasteiger partial charge < -0.3 is 5.73 Å². The van der Waals surface area contributed by atoms with Crippen LogP contribution in [0.25, 0.3) is 0 Å². The maximum absolute atomic E-state index is 12.2. The molecule has 2 fully saturated rings. The highest BCUT2D eigenvalue weighted by molar-refractivity contribution is 5.81. The van der Waals surface area contributed by atoms with Gasteiger partial charge in [-0.1, -0.05) is 32.1 Å². The Bertz CT molecular complexity index is 237. The lowest BCUT2D eigenvalue weighted by Crippen LogP contribution is -2.36. The van der Waals surface area contributed by atoms with Crippen LogP contribution in [0.3, 0.4) is 0 Å². The van der Waals surface area contributed by atoms with E-state index < -0.39 is 0 Å². The SMILES string of the molecule is NCC1(CC(=O)C2CCCC2)CCCCC1. The molecule has 0 aromatic heterocycles. The van der Waals surface area contributed by atoms with Crippen LogP contribution < -0.4 is 5.73 Å². The molecule has 2 aliphatic rings. The van der Waals surface area contributed by atoms with Gasteiger partial charge in [-0.15, -0.1) is 0 Å². The lowest BCUT2D eigenvalue weighted by molar-refractivity contribution is -0.125. The number of carbonyl (C=O) groups is 1. The van der Waals surface area contributed by atoms with Gasteiger partial charge in [0.25, 0.3) is 0 Å². The third kappa shape index (κ3) is 2.65. The van der Waals surface area contributed by atoms with Crippen LogP contribution in [-0.2, 0) is 4.79 Å². The minimum Gasteiger partial charge on any atom is -0.330 e. The smallest absolute Gasteiger partial charge is 0.136 e. The quantitative estimate of drug-likeness (QED) is 0.796. The Balaban J connectivity index is 1.91. The number of ketones is 1. The normalized spacial score (nSPS) is 25.8. The number of carbonyl (C=O) groups excluding carboxylic acids is 1. The van der Waals surface area contributed by atoms with Gasteiger partial charge in [-0.3, -0.25) is 4.79 Å². The van der Waals surface area contributed by atoms with Gasteiger partial charge in [0.15, 0.2) is 0 Å². The van der Waals surface area contributed by atoms with Crippen molar-refractivity contribution in [3.8, 4) is 0 Å².